The van der Waals surface area contributed by atoms with Crippen molar-refractivity contribution in [3.8, 4) is 0 Å². The van der Waals surface area contributed by atoms with E-state index in [4.69, 9.17) is 0 Å². The Morgan fingerprint density at radius 1 is 1.70 bits per heavy atom. The van der Waals surface area contributed by atoms with Crippen molar-refractivity contribution in [2.75, 3.05) is 25.6 Å². The number of hydrazine groups is 1. The lowest BCUT2D eigenvalue weighted by molar-refractivity contribution is -0.122. The summed E-state index contributed by atoms with van der Waals surface area (Å²) in [4.78, 5) is 10.8. The van der Waals surface area contributed by atoms with E-state index in [-0.39, 0.29) is 5.91 Å². The Labute approximate surface area is 66.1 Å². The Balaban J connectivity index is 3.37. The first-order valence-electron chi connectivity index (χ1n) is 3.20. The van der Waals surface area contributed by atoms with Gasteiger partial charge in [-0.3, -0.25) is 10.2 Å². The smallest absolute Gasteiger partial charge is 0.244 e. The molecule has 3 nitrogen and oxygen atoms in total. The van der Waals surface area contributed by atoms with Crippen LogP contribution in [0.15, 0.2) is 0 Å². The molecule has 0 rings (SSSR count). The fourth-order valence-corrected chi connectivity index (χ4v) is 0.782. The summed E-state index contributed by atoms with van der Waals surface area (Å²) in [7, 11) is 1.85. The highest BCUT2D eigenvalue weighted by atomic mass is 32.2. The second-order valence-corrected chi connectivity index (χ2v) is 2.85. The molecule has 0 aromatic carbocycles. The topological polar surface area (TPSA) is 32.3 Å². The molecule has 1 N–H and O–H groups in total. The quantitative estimate of drug-likeness (QED) is 0.605. The van der Waals surface area contributed by atoms with Gasteiger partial charge in [-0.25, -0.2) is 5.01 Å². The summed E-state index contributed by atoms with van der Waals surface area (Å²) in [6.45, 7) is 2.82. The highest BCUT2D eigenvalue weighted by Crippen LogP contribution is 1.89. The van der Waals surface area contributed by atoms with Crippen molar-refractivity contribution < 1.29 is 4.79 Å². The summed E-state index contributed by atoms with van der Waals surface area (Å²) in [5.74, 6) is 0.599. The van der Waals surface area contributed by atoms with Gasteiger partial charge >= 0.3 is 0 Å². The average molecular weight is 162 g/mol. The Bertz CT molecular complexity index is 108. The van der Waals surface area contributed by atoms with Crippen molar-refractivity contribution in [2.45, 2.75) is 6.92 Å². The van der Waals surface area contributed by atoms with E-state index in [1.165, 1.54) is 11.8 Å². The van der Waals surface area contributed by atoms with Crippen LogP contribution in [0.1, 0.15) is 6.92 Å². The van der Waals surface area contributed by atoms with Gasteiger partial charge in [0.25, 0.3) is 0 Å². The molecule has 0 heterocycles. The second-order valence-electron chi connectivity index (χ2n) is 1.98. The molecule has 0 spiro atoms. The lowest BCUT2D eigenvalue weighted by Crippen LogP contribution is -2.39. The van der Waals surface area contributed by atoms with Gasteiger partial charge in [-0.05, 0) is 6.26 Å². The highest BCUT2D eigenvalue weighted by molar-refractivity contribution is 7.99. The van der Waals surface area contributed by atoms with Crippen molar-refractivity contribution in [3.63, 3.8) is 0 Å². The molecular weight excluding hydrogens is 148 g/mol. The first-order valence-corrected chi connectivity index (χ1v) is 4.59. The Kier molecular flexibility index (Phi) is 5.43. The molecule has 0 unspecified atom stereocenters. The molecule has 0 atom stereocenters. The number of hydrogen-bond donors (Lipinski definition) is 1. The first kappa shape index (κ1) is 9.78. The number of carbonyl (C=O) groups is 1. The molecule has 10 heavy (non-hydrogen) atoms. The van der Waals surface area contributed by atoms with E-state index in [0.717, 1.165) is 6.54 Å². The van der Waals surface area contributed by atoms with Crippen molar-refractivity contribution in [1.82, 2.24) is 10.4 Å². The van der Waals surface area contributed by atoms with Crippen LogP contribution >= 0.6 is 11.8 Å². The monoisotopic (exact) mass is 162 g/mol. The molecule has 1 amide bonds. The van der Waals surface area contributed by atoms with Gasteiger partial charge in [-0.2, -0.15) is 11.8 Å². The zero-order valence-corrected chi connectivity index (χ0v) is 7.49. The third-order valence-corrected chi connectivity index (χ3v) is 1.62. The van der Waals surface area contributed by atoms with Gasteiger partial charge < -0.3 is 0 Å². The van der Waals surface area contributed by atoms with Gasteiger partial charge in [0, 0.05) is 13.6 Å². The number of thioether (sulfide) groups is 1. The average Bonchev–Trinajstić information content (AvgIpc) is 1.88. The lowest BCUT2D eigenvalue weighted by atomic mass is 10.7. The summed E-state index contributed by atoms with van der Waals surface area (Å²) in [6, 6.07) is 0. The molecule has 0 aromatic rings. The molecule has 0 bridgehead atoms. The van der Waals surface area contributed by atoms with E-state index in [2.05, 4.69) is 5.43 Å². The van der Waals surface area contributed by atoms with Crippen LogP contribution in [0.3, 0.4) is 0 Å². The molecule has 0 aliphatic carbocycles. The number of carbonyl (C=O) groups excluding carboxylic acids is 1. The van der Waals surface area contributed by atoms with Gasteiger partial charge in [0.05, 0.1) is 5.75 Å². The van der Waals surface area contributed by atoms with Crippen LogP contribution < -0.4 is 5.43 Å². The van der Waals surface area contributed by atoms with E-state index in [9.17, 15) is 4.79 Å². The van der Waals surface area contributed by atoms with Crippen LogP contribution in [-0.2, 0) is 4.79 Å². The van der Waals surface area contributed by atoms with Crippen molar-refractivity contribution in [3.05, 3.63) is 0 Å². The Morgan fingerprint density at radius 3 is 2.70 bits per heavy atom. The van der Waals surface area contributed by atoms with Gasteiger partial charge in [0.15, 0.2) is 0 Å². The van der Waals surface area contributed by atoms with Crippen LogP contribution in [0.5, 0.6) is 0 Å². The fourth-order valence-electron chi connectivity index (χ4n) is 0.455. The molecule has 0 fully saturated rings. The number of amides is 1. The molecule has 0 saturated carbocycles. The zero-order valence-electron chi connectivity index (χ0n) is 6.68. The predicted octanol–water partition coefficient (Wildman–Crippen LogP) is 0.332. The molecule has 60 valence electrons. The zero-order chi connectivity index (χ0) is 7.98. The summed E-state index contributed by atoms with van der Waals surface area (Å²) in [5, 5.41) is 1.76. The summed E-state index contributed by atoms with van der Waals surface area (Å²) >= 11 is 1.52. The number of hydrogen-bond acceptors (Lipinski definition) is 3. The Morgan fingerprint density at radius 2 is 2.30 bits per heavy atom. The minimum absolute atomic E-state index is 0.0665. The van der Waals surface area contributed by atoms with Crippen LogP contribution in [0, 0.1) is 0 Å². The number of nitrogens with zero attached hydrogens (tertiary/aromatic N) is 1. The van der Waals surface area contributed by atoms with E-state index < -0.39 is 0 Å². The van der Waals surface area contributed by atoms with Gasteiger partial charge in [0.1, 0.15) is 0 Å². The van der Waals surface area contributed by atoms with E-state index in [1.54, 1.807) is 5.01 Å². The summed E-state index contributed by atoms with van der Waals surface area (Å²) in [6.07, 6.45) is 1.91. The van der Waals surface area contributed by atoms with Gasteiger partial charge in [0.2, 0.25) is 5.91 Å². The maximum absolute atomic E-state index is 10.8. The second kappa shape index (κ2) is 5.56. The third kappa shape index (κ3) is 4.64. The van der Waals surface area contributed by atoms with E-state index in [0.29, 0.717) is 5.75 Å². The molecular formula is C6H14N2OS. The molecule has 0 saturated heterocycles. The molecule has 0 aliphatic rings. The number of nitrogens with one attached hydrogen (secondary N) is 1. The van der Waals surface area contributed by atoms with Crippen LogP contribution in [0.4, 0.5) is 0 Å². The van der Waals surface area contributed by atoms with E-state index in [1.807, 2.05) is 20.2 Å². The van der Waals surface area contributed by atoms with Crippen LogP contribution in [0.2, 0.25) is 0 Å². The standard InChI is InChI=1S/C6H14N2OS/c1-4-8(2)7-6(9)5-10-3/h4-5H2,1-3H3,(H,7,9). The minimum Gasteiger partial charge on any atom is -0.288 e. The van der Waals surface area contributed by atoms with Crippen molar-refractivity contribution in [1.29, 1.82) is 0 Å². The van der Waals surface area contributed by atoms with E-state index >= 15 is 0 Å². The first-order chi connectivity index (χ1) is 4.70. The Hall–Kier alpha value is -0.220. The van der Waals surface area contributed by atoms with Crippen molar-refractivity contribution >= 4 is 17.7 Å². The van der Waals surface area contributed by atoms with Crippen LogP contribution in [0.25, 0.3) is 0 Å². The molecule has 0 aromatic heterocycles. The normalized spacial score (nSPS) is 10.0. The maximum atomic E-state index is 10.8. The minimum atomic E-state index is 0.0665. The summed E-state index contributed by atoms with van der Waals surface area (Å²) in [5.41, 5.74) is 2.70. The largest absolute Gasteiger partial charge is 0.288 e. The summed E-state index contributed by atoms with van der Waals surface area (Å²) < 4.78 is 0. The van der Waals surface area contributed by atoms with Gasteiger partial charge in [-0.1, -0.05) is 6.92 Å². The molecule has 0 aliphatic heterocycles. The van der Waals surface area contributed by atoms with Crippen LogP contribution in [-0.4, -0.2) is 36.5 Å². The molecule has 4 heteroatoms. The number of rotatable bonds is 4. The lowest BCUT2D eigenvalue weighted by Gasteiger charge is -2.14. The highest BCUT2D eigenvalue weighted by Gasteiger charge is 1.99. The fraction of sp³-hybridized carbons (Fsp3) is 0.833. The van der Waals surface area contributed by atoms with Crippen molar-refractivity contribution in [2.24, 2.45) is 0 Å². The maximum Gasteiger partial charge on any atom is 0.244 e. The SMILES string of the molecule is CCN(C)NC(=O)CSC. The molecule has 0 radical (unpaired) electrons. The predicted molar refractivity (Wildman–Crippen MR) is 44.8 cm³/mol. The third-order valence-electron chi connectivity index (χ3n) is 1.07. The van der Waals surface area contributed by atoms with Gasteiger partial charge in [-0.15, -0.1) is 0 Å².